The van der Waals surface area contributed by atoms with Crippen molar-refractivity contribution in [2.75, 3.05) is 0 Å². The largest absolute Gasteiger partial charge is 0.332 e. The van der Waals surface area contributed by atoms with Gasteiger partial charge >= 0.3 is 5.97 Å². The Balaban J connectivity index is 1.91. The average Bonchev–Trinajstić information content (AvgIpc) is 3.18. The Morgan fingerprint density at radius 2 is 2.04 bits per heavy atom. The Morgan fingerprint density at radius 3 is 2.74 bits per heavy atom. The summed E-state index contributed by atoms with van der Waals surface area (Å²) in [7, 11) is 0. The maximum absolute atomic E-state index is 11.1. The summed E-state index contributed by atoms with van der Waals surface area (Å²) in [6, 6.07) is 14.4. The molecule has 0 amide bonds. The van der Waals surface area contributed by atoms with Gasteiger partial charge in [0, 0.05) is 17.7 Å². The Labute approximate surface area is 137 Å². The van der Waals surface area contributed by atoms with E-state index >= 15 is 0 Å². The molecule has 0 N–H and O–H groups in total. The van der Waals surface area contributed by atoms with Crippen LogP contribution in [0.25, 0.3) is 10.7 Å². The number of carbonyl (C=O) groups excluding carboxylic acids is 1. The van der Waals surface area contributed by atoms with Crippen LogP contribution in [0.4, 0.5) is 0 Å². The Morgan fingerprint density at radius 1 is 1.26 bits per heavy atom. The van der Waals surface area contributed by atoms with Crippen molar-refractivity contribution in [1.82, 2.24) is 20.4 Å². The Kier molecular flexibility index (Phi) is 4.47. The number of aromatic nitrogens is 4. The molecule has 0 radical (unpaired) electrons. The third-order valence-corrected chi connectivity index (χ3v) is 4.65. The normalized spacial score (nSPS) is 12.1. The van der Waals surface area contributed by atoms with Gasteiger partial charge in [-0.25, -0.2) is 4.79 Å². The van der Waals surface area contributed by atoms with E-state index < -0.39 is 5.97 Å². The Hall–Kier alpha value is -2.54. The van der Waals surface area contributed by atoms with Crippen molar-refractivity contribution in [1.29, 1.82) is 0 Å². The van der Waals surface area contributed by atoms with Crippen LogP contribution in [0.1, 0.15) is 36.6 Å². The SMILES string of the molecule is CCC(c1ccccc1)c1ccc(-c2nnnn2OC(C)=O)s1. The zero-order chi connectivity index (χ0) is 16.2. The lowest BCUT2D eigenvalue weighted by atomic mass is 9.95. The minimum Gasteiger partial charge on any atom is -0.316 e. The summed E-state index contributed by atoms with van der Waals surface area (Å²) in [6.45, 7) is 3.48. The van der Waals surface area contributed by atoms with Crippen molar-refractivity contribution in [3.05, 3.63) is 52.9 Å². The first-order valence-corrected chi connectivity index (χ1v) is 8.13. The third kappa shape index (κ3) is 3.29. The first-order valence-electron chi connectivity index (χ1n) is 7.31. The monoisotopic (exact) mass is 328 g/mol. The maximum Gasteiger partial charge on any atom is 0.332 e. The fourth-order valence-corrected chi connectivity index (χ4v) is 3.63. The molecule has 0 bridgehead atoms. The zero-order valence-corrected chi connectivity index (χ0v) is 13.7. The molecule has 118 valence electrons. The predicted octanol–water partition coefficient (Wildman–Crippen LogP) is 2.92. The van der Waals surface area contributed by atoms with Gasteiger partial charge in [-0.15, -0.1) is 16.4 Å². The molecule has 0 saturated heterocycles. The van der Waals surface area contributed by atoms with Crippen LogP contribution < -0.4 is 4.84 Å². The van der Waals surface area contributed by atoms with Gasteiger partial charge in [0.05, 0.1) is 4.88 Å². The molecule has 0 fully saturated rings. The molecule has 1 unspecified atom stereocenters. The van der Waals surface area contributed by atoms with Crippen molar-refractivity contribution < 1.29 is 9.63 Å². The molecular formula is C16H16N4O2S. The molecule has 3 rings (SSSR count). The summed E-state index contributed by atoms with van der Waals surface area (Å²) in [5, 5.41) is 11.2. The van der Waals surface area contributed by atoms with Crippen molar-refractivity contribution in [3.63, 3.8) is 0 Å². The molecule has 2 aromatic heterocycles. The first-order chi connectivity index (χ1) is 11.2. The highest BCUT2D eigenvalue weighted by Gasteiger charge is 2.18. The Bertz CT molecular complexity index is 797. The van der Waals surface area contributed by atoms with E-state index in [2.05, 4.69) is 40.6 Å². The van der Waals surface area contributed by atoms with E-state index in [9.17, 15) is 4.79 Å². The molecule has 1 aromatic carbocycles. The fourth-order valence-electron chi connectivity index (χ4n) is 2.45. The second-order valence-electron chi connectivity index (χ2n) is 5.03. The molecule has 0 aliphatic rings. The van der Waals surface area contributed by atoms with E-state index in [4.69, 9.17) is 4.84 Å². The van der Waals surface area contributed by atoms with Crippen molar-refractivity contribution in [2.24, 2.45) is 0 Å². The van der Waals surface area contributed by atoms with Gasteiger partial charge in [-0.3, -0.25) is 0 Å². The number of tetrazole rings is 1. The molecule has 2 heterocycles. The predicted molar refractivity (Wildman–Crippen MR) is 87.0 cm³/mol. The number of benzene rings is 1. The van der Waals surface area contributed by atoms with Gasteiger partial charge in [0.1, 0.15) is 0 Å². The summed E-state index contributed by atoms with van der Waals surface area (Å²) in [6.07, 6.45) is 0.999. The van der Waals surface area contributed by atoms with Crippen molar-refractivity contribution >= 4 is 17.3 Å². The van der Waals surface area contributed by atoms with Crippen LogP contribution in [0.15, 0.2) is 42.5 Å². The standard InChI is InChI=1S/C16H16N4O2S/c1-3-13(12-7-5-4-6-8-12)14-9-10-15(23-14)16-17-18-19-20(16)22-11(2)21/h4-10,13H,3H2,1-2H3. The molecule has 0 spiro atoms. The molecular weight excluding hydrogens is 312 g/mol. The lowest BCUT2D eigenvalue weighted by Gasteiger charge is -2.13. The number of carbonyl (C=O) groups is 1. The minimum absolute atomic E-state index is 0.327. The average molecular weight is 328 g/mol. The van der Waals surface area contributed by atoms with Gasteiger partial charge in [-0.05, 0) is 39.4 Å². The van der Waals surface area contributed by atoms with Gasteiger partial charge in [0.2, 0.25) is 5.82 Å². The van der Waals surface area contributed by atoms with E-state index in [-0.39, 0.29) is 0 Å². The van der Waals surface area contributed by atoms with Gasteiger partial charge < -0.3 is 4.84 Å². The van der Waals surface area contributed by atoms with Crippen LogP contribution in [0.5, 0.6) is 0 Å². The van der Waals surface area contributed by atoms with Gasteiger partial charge in [0.25, 0.3) is 0 Å². The number of hydrogen-bond acceptors (Lipinski definition) is 6. The number of rotatable bonds is 5. The highest BCUT2D eigenvalue weighted by molar-refractivity contribution is 7.15. The topological polar surface area (TPSA) is 69.9 Å². The second kappa shape index (κ2) is 6.70. The molecule has 0 saturated carbocycles. The quantitative estimate of drug-likeness (QED) is 0.674. The second-order valence-corrected chi connectivity index (χ2v) is 6.15. The summed E-state index contributed by atoms with van der Waals surface area (Å²) in [4.78, 5) is 19.2. The zero-order valence-electron chi connectivity index (χ0n) is 12.8. The van der Waals surface area contributed by atoms with E-state index in [1.165, 1.54) is 17.4 Å². The molecule has 6 nitrogen and oxygen atoms in total. The first kappa shape index (κ1) is 15.4. The molecule has 0 aliphatic heterocycles. The highest BCUT2D eigenvalue weighted by atomic mass is 32.1. The molecule has 7 heteroatoms. The molecule has 1 atom stereocenters. The summed E-state index contributed by atoms with van der Waals surface area (Å²) in [5.41, 5.74) is 1.28. The lowest BCUT2D eigenvalue weighted by Crippen LogP contribution is -2.18. The van der Waals surface area contributed by atoms with Crippen LogP contribution >= 0.6 is 11.3 Å². The highest BCUT2D eigenvalue weighted by Crippen LogP contribution is 2.35. The minimum atomic E-state index is -0.467. The molecule has 3 aromatic rings. The van der Waals surface area contributed by atoms with E-state index in [0.29, 0.717) is 11.7 Å². The van der Waals surface area contributed by atoms with Crippen LogP contribution in [0, 0.1) is 0 Å². The smallest absolute Gasteiger partial charge is 0.316 e. The van der Waals surface area contributed by atoms with Crippen LogP contribution in [0.3, 0.4) is 0 Å². The van der Waals surface area contributed by atoms with Gasteiger partial charge in [-0.2, -0.15) is 0 Å². The van der Waals surface area contributed by atoms with Crippen molar-refractivity contribution in [2.45, 2.75) is 26.2 Å². The number of thiophene rings is 1. The lowest BCUT2D eigenvalue weighted by molar-refractivity contribution is -0.143. The summed E-state index contributed by atoms with van der Waals surface area (Å²) in [5.74, 6) is 0.290. The fraction of sp³-hybridized carbons (Fsp3) is 0.250. The third-order valence-electron chi connectivity index (χ3n) is 3.46. The van der Waals surface area contributed by atoms with Gasteiger partial charge in [0.15, 0.2) is 0 Å². The van der Waals surface area contributed by atoms with Crippen LogP contribution in [0.2, 0.25) is 0 Å². The van der Waals surface area contributed by atoms with Crippen molar-refractivity contribution in [3.8, 4) is 10.7 Å². The van der Waals surface area contributed by atoms with E-state index in [0.717, 1.165) is 16.1 Å². The number of nitrogens with zero attached hydrogens (tertiary/aromatic N) is 4. The van der Waals surface area contributed by atoms with Crippen LogP contribution in [-0.2, 0) is 4.79 Å². The maximum atomic E-state index is 11.1. The number of hydrogen-bond donors (Lipinski definition) is 0. The molecule has 23 heavy (non-hydrogen) atoms. The summed E-state index contributed by atoms with van der Waals surface area (Å²) >= 11 is 1.60. The van der Waals surface area contributed by atoms with E-state index in [1.807, 2.05) is 24.3 Å². The van der Waals surface area contributed by atoms with E-state index in [1.54, 1.807) is 11.3 Å². The molecule has 0 aliphatic carbocycles. The van der Waals surface area contributed by atoms with Crippen LogP contribution in [-0.4, -0.2) is 26.3 Å². The van der Waals surface area contributed by atoms with Gasteiger partial charge in [-0.1, -0.05) is 37.3 Å². The summed E-state index contributed by atoms with van der Waals surface area (Å²) < 4.78 is 0.